The highest BCUT2D eigenvalue weighted by atomic mass is 19.1. The summed E-state index contributed by atoms with van der Waals surface area (Å²) in [5.41, 5.74) is -0.618. The fourth-order valence-electron chi connectivity index (χ4n) is 2.52. The lowest BCUT2D eigenvalue weighted by atomic mass is 10.1. The molecule has 0 bridgehead atoms. The van der Waals surface area contributed by atoms with E-state index in [1.54, 1.807) is 20.8 Å². The van der Waals surface area contributed by atoms with Crippen molar-refractivity contribution in [2.45, 2.75) is 76.8 Å². The van der Waals surface area contributed by atoms with E-state index in [4.69, 9.17) is 9.47 Å². The summed E-state index contributed by atoms with van der Waals surface area (Å²) in [5.74, 6) is -0.699. The smallest absolute Gasteiger partial charge is 0.337 e. The number of methoxy groups -OCH3 is 1. The molecular weight excluding hydrogens is 317 g/mol. The molecule has 1 aliphatic heterocycles. The van der Waals surface area contributed by atoms with Gasteiger partial charge in [0, 0.05) is 25.6 Å². The lowest BCUT2D eigenvalue weighted by Crippen LogP contribution is -2.45. The second kappa shape index (κ2) is 9.93. The number of hydrogen-bond donors (Lipinski definition) is 1. The first-order valence-electron chi connectivity index (χ1n) is 8.51. The second-order valence-corrected chi connectivity index (χ2v) is 7.06. The minimum atomic E-state index is -0.969. The van der Waals surface area contributed by atoms with Gasteiger partial charge in [-0.1, -0.05) is 6.42 Å². The van der Waals surface area contributed by atoms with E-state index in [2.05, 4.69) is 10.1 Å². The van der Waals surface area contributed by atoms with E-state index in [9.17, 15) is 14.0 Å². The molecule has 1 N–H and O–H groups in total. The van der Waals surface area contributed by atoms with Crippen molar-refractivity contribution >= 4 is 11.9 Å². The highest BCUT2D eigenvalue weighted by Gasteiger charge is 2.37. The van der Waals surface area contributed by atoms with E-state index in [1.165, 1.54) is 7.11 Å². The van der Waals surface area contributed by atoms with Crippen LogP contribution in [0.4, 0.5) is 4.39 Å². The number of ether oxygens (including phenoxy) is 3. The predicted octanol–water partition coefficient (Wildman–Crippen LogP) is 2.15. The van der Waals surface area contributed by atoms with Crippen LogP contribution in [0.2, 0.25) is 0 Å². The predicted molar refractivity (Wildman–Crippen MR) is 87.4 cm³/mol. The van der Waals surface area contributed by atoms with Gasteiger partial charge >= 0.3 is 11.9 Å². The minimum Gasteiger partial charge on any atom is -0.469 e. The van der Waals surface area contributed by atoms with Gasteiger partial charge in [0.2, 0.25) is 0 Å². The second-order valence-electron chi connectivity index (χ2n) is 7.06. The molecule has 0 radical (unpaired) electrons. The first-order valence-corrected chi connectivity index (χ1v) is 8.51. The van der Waals surface area contributed by atoms with Crippen molar-refractivity contribution in [3.05, 3.63) is 0 Å². The molecule has 6 nitrogen and oxygen atoms in total. The summed E-state index contributed by atoms with van der Waals surface area (Å²) < 4.78 is 29.1. The average molecular weight is 347 g/mol. The average Bonchev–Trinajstić information content (AvgIpc) is 2.90. The molecule has 0 spiro atoms. The van der Waals surface area contributed by atoms with E-state index in [1.807, 2.05) is 0 Å². The van der Waals surface area contributed by atoms with Crippen molar-refractivity contribution < 1.29 is 28.2 Å². The van der Waals surface area contributed by atoms with E-state index in [0.29, 0.717) is 25.9 Å². The molecule has 1 rings (SSSR count). The largest absolute Gasteiger partial charge is 0.469 e. The molecule has 1 unspecified atom stereocenters. The molecule has 1 fully saturated rings. The summed E-state index contributed by atoms with van der Waals surface area (Å²) in [6.45, 7) is 5.95. The first-order chi connectivity index (χ1) is 11.2. The van der Waals surface area contributed by atoms with Crippen molar-refractivity contribution in [1.29, 1.82) is 0 Å². The Balaban J connectivity index is 2.42. The van der Waals surface area contributed by atoms with Crippen LogP contribution in [0.3, 0.4) is 0 Å². The fourth-order valence-corrected chi connectivity index (χ4v) is 2.52. The number of unbranched alkanes of at least 4 members (excludes halogenated alkanes) is 2. The summed E-state index contributed by atoms with van der Waals surface area (Å²) in [5, 5.41) is 2.99. The van der Waals surface area contributed by atoms with Gasteiger partial charge < -0.3 is 19.5 Å². The van der Waals surface area contributed by atoms with Crippen molar-refractivity contribution in [2.75, 3.05) is 20.3 Å². The third kappa shape index (κ3) is 8.06. The zero-order valence-electron chi connectivity index (χ0n) is 15.1. The molecule has 140 valence electrons. The summed E-state index contributed by atoms with van der Waals surface area (Å²) in [4.78, 5) is 23.4. The molecule has 1 aliphatic rings. The van der Waals surface area contributed by atoms with Gasteiger partial charge in [0.1, 0.15) is 11.8 Å². The SMILES string of the molecule is COC(=O)CCCCCOC(C(=O)OC(C)(C)C)[C@@H]1C[C@H](F)CN1. The molecule has 0 saturated carbocycles. The van der Waals surface area contributed by atoms with Crippen LogP contribution in [0.1, 0.15) is 52.9 Å². The number of carbonyl (C=O) groups excluding carboxylic acids is 2. The molecule has 24 heavy (non-hydrogen) atoms. The van der Waals surface area contributed by atoms with Crippen molar-refractivity contribution in [3.8, 4) is 0 Å². The molecule has 0 aromatic rings. The Bertz CT molecular complexity index is 410. The van der Waals surface area contributed by atoms with Crippen LogP contribution in [0.5, 0.6) is 0 Å². The summed E-state index contributed by atoms with van der Waals surface area (Å²) in [6, 6.07) is -0.370. The van der Waals surface area contributed by atoms with Gasteiger partial charge in [0.05, 0.1) is 7.11 Å². The Morgan fingerprint density at radius 2 is 1.96 bits per heavy atom. The number of carbonyl (C=O) groups is 2. The standard InChI is InChI=1S/C17H30FNO5/c1-17(2,3)24-16(21)15(13-10-12(18)11-19-13)23-9-7-5-6-8-14(20)22-4/h12-13,15,19H,5-11H2,1-4H3/t12-,13-,15?/m0/s1. The molecule has 7 heteroatoms. The van der Waals surface area contributed by atoms with Crippen molar-refractivity contribution in [3.63, 3.8) is 0 Å². The van der Waals surface area contributed by atoms with Gasteiger partial charge in [-0.2, -0.15) is 0 Å². The number of nitrogens with one attached hydrogen (secondary N) is 1. The van der Waals surface area contributed by atoms with Crippen LogP contribution in [-0.2, 0) is 23.8 Å². The topological polar surface area (TPSA) is 73.9 Å². The molecule has 1 saturated heterocycles. The maximum absolute atomic E-state index is 13.4. The van der Waals surface area contributed by atoms with Crippen LogP contribution >= 0.6 is 0 Å². The molecule has 0 aromatic heterocycles. The lowest BCUT2D eigenvalue weighted by Gasteiger charge is -2.27. The zero-order valence-corrected chi connectivity index (χ0v) is 15.1. The quantitative estimate of drug-likeness (QED) is 0.509. The number of esters is 2. The van der Waals surface area contributed by atoms with Gasteiger partial charge in [0.25, 0.3) is 0 Å². The lowest BCUT2D eigenvalue weighted by molar-refractivity contribution is -0.170. The maximum atomic E-state index is 13.4. The molecule has 0 amide bonds. The number of halogens is 1. The summed E-state index contributed by atoms with van der Waals surface area (Å²) >= 11 is 0. The highest BCUT2D eigenvalue weighted by Crippen LogP contribution is 2.19. The molecule has 1 heterocycles. The minimum absolute atomic E-state index is 0.229. The Labute approximate surface area is 143 Å². The fraction of sp³-hybridized carbons (Fsp3) is 0.882. The Hall–Kier alpha value is -1.21. The van der Waals surface area contributed by atoms with E-state index in [0.717, 1.165) is 6.42 Å². The monoisotopic (exact) mass is 347 g/mol. The Morgan fingerprint density at radius 1 is 1.25 bits per heavy atom. The van der Waals surface area contributed by atoms with Gasteiger partial charge in [-0.05, 0) is 40.0 Å². The molecule has 3 atom stereocenters. The van der Waals surface area contributed by atoms with Crippen molar-refractivity contribution in [1.82, 2.24) is 5.32 Å². The van der Waals surface area contributed by atoms with Crippen LogP contribution < -0.4 is 5.32 Å². The molecular formula is C17H30FNO5. The van der Waals surface area contributed by atoms with Gasteiger partial charge in [-0.3, -0.25) is 4.79 Å². The van der Waals surface area contributed by atoms with E-state index < -0.39 is 23.8 Å². The highest BCUT2D eigenvalue weighted by molar-refractivity contribution is 5.76. The van der Waals surface area contributed by atoms with Gasteiger partial charge in [0.15, 0.2) is 6.10 Å². The first kappa shape index (κ1) is 20.8. The van der Waals surface area contributed by atoms with Crippen LogP contribution in [-0.4, -0.2) is 56.1 Å². The van der Waals surface area contributed by atoms with Crippen molar-refractivity contribution in [2.24, 2.45) is 0 Å². The van der Waals surface area contributed by atoms with Gasteiger partial charge in [-0.25, -0.2) is 9.18 Å². The zero-order chi connectivity index (χ0) is 18.2. The van der Waals surface area contributed by atoms with Crippen LogP contribution in [0, 0.1) is 0 Å². The van der Waals surface area contributed by atoms with E-state index >= 15 is 0 Å². The van der Waals surface area contributed by atoms with Crippen LogP contribution in [0.25, 0.3) is 0 Å². The van der Waals surface area contributed by atoms with Crippen LogP contribution in [0.15, 0.2) is 0 Å². The Morgan fingerprint density at radius 3 is 2.50 bits per heavy atom. The summed E-state index contributed by atoms with van der Waals surface area (Å²) in [6.07, 6.45) is 1.05. The number of hydrogen-bond acceptors (Lipinski definition) is 6. The summed E-state index contributed by atoms with van der Waals surface area (Å²) in [7, 11) is 1.36. The third-order valence-electron chi connectivity index (χ3n) is 3.67. The molecule has 0 aliphatic carbocycles. The maximum Gasteiger partial charge on any atom is 0.337 e. The third-order valence-corrected chi connectivity index (χ3v) is 3.67. The van der Waals surface area contributed by atoms with E-state index in [-0.39, 0.29) is 25.0 Å². The van der Waals surface area contributed by atoms with Gasteiger partial charge in [-0.15, -0.1) is 0 Å². The molecule has 0 aromatic carbocycles. The normalized spacial score (nSPS) is 22.2. The Kier molecular flexibility index (Phi) is 8.62. The number of rotatable bonds is 9. The number of alkyl halides is 1.